The van der Waals surface area contributed by atoms with E-state index in [2.05, 4.69) is 5.32 Å². The number of benzene rings is 1. The maximum Gasteiger partial charge on any atom is 0.224 e. The van der Waals surface area contributed by atoms with Crippen molar-refractivity contribution in [1.29, 1.82) is 0 Å². The Bertz CT molecular complexity index is 467. The van der Waals surface area contributed by atoms with Crippen LogP contribution >= 0.6 is 0 Å². The Labute approximate surface area is 126 Å². The second kappa shape index (κ2) is 8.03. The highest BCUT2D eigenvalue weighted by Crippen LogP contribution is 2.27. The Morgan fingerprint density at radius 3 is 2.76 bits per heavy atom. The van der Waals surface area contributed by atoms with Crippen LogP contribution in [-0.4, -0.2) is 17.6 Å². The summed E-state index contributed by atoms with van der Waals surface area (Å²) < 4.78 is 5.44. The lowest BCUT2D eigenvalue weighted by atomic mass is 9.87. The van der Waals surface area contributed by atoms with Crippen LogP contribution in [0.5, 0.6) is 5.75 Å². The fraction of sp³-hybridized carbons (Fsp3) is 0.588. The third-order valence-electron chi connectivity index (χ3n) is 4.01. The Balaban J connectivity index is 1.93. The molecular weight excluding hydrogens is 266 g/mol. The number of carbonyl (C=O) groups excluding carboxylic acids is 1. The quantitative estimate of drug-likeness (QED) is 0.843. The summed E-state index contributed by atoms with van der Waals surface area (Å²) in [6.07, 6.45) is 6.72. The number of hydrogen-bond donors (Lipinski definition) is 2. The lowest BCUT2D eigenvalue weighted by Gasteiger charge is -2.21. The number of ether oxygens (including phenoxy) is 1. The summed E-state index contributed by atoms with van der Waals surface area (Å²) in [5.41, 5.74) is 1.43. The molecule has 0 radical (unpaired) electrons. The molecule has 0 unspecified atom stereocenters. The summed E-state index contributed by atoms with van der Waals surface area (Å²) in [4.78, 5) is 12.1. The third-order valence-corrected chi connectivity index (χ3v) is 4.01. The number of anilines is 1. The van der Waals surface area contributed by atoms with E-state index >= 15 is 0 Å². The molecule has 0 atom stereocenters. The van der Waals surface area contributed by atoms with E-state index in [1.54, 1.807) is 12.1 Å². The van der Waals surface area contributed by atoms with Crippen LogP contribution in [-0.2, 0) is 11.4 Å². The number of rotatable bonds is 6. The molecule has 1 aromatic carbocycles. The van der Waals surface area contributed by atoms with E-state index in [1.807, 2.05) is 13.0 Å². The van der Waals surface area contributed by atoms with Crippen LogP contribution in [0.25, 0.3) is 0 Å². The predicted octanol–water partition coefficient (Wildman–Crippen LogP) is 3.49. The lowest BCUT2D eigenvalue weighted by molar-refractivity contribution is -0.117. The van der Waals surface area contributed by atoms with Gasteiger partial charge in [0.2, 0.25) is 5.91 Å². The van der Waals surface area contributed by atoms with E-state index < -0.39 is 0 Å². The van der Waals surface area contributed by atoms with Crippen molar-refractivity contribution in [3.05, 3.63) is 23.8 Å². The van der Waals surface area contributed by atoms with E-state index in [-0.39, 0.29) is 12.5 Å². The van der Waals surface area contributed by atoms with Crippen molar-refractivity contribution < 1.29 is 14.6 Å². The predicted molar refractivity (Wildman–Crippen MR) is 83.4 cm³/mol. The summed E-state index contributed by atoms with van der Waals surface area (Å²) in [6.45, 7) is 2.36. The Morgan fingerprint density at radius 2 is 2.10 bits per heavy atom. The van der Waals surface area contributed by atoms with Crippen LogP contribution in [0.3, 0.4) is 0 Å². The molecule has 1 fully saturated rings. The van der Waals surface area contributed by atoms with E-state index in [4.69, 9.17) is 4.74 Å². The summed E-state index contributed by atoms with van der Waals surface area (Å²) in [6, 6.07) is 5.40. The van der Waals surface area contributed by atoms with Crippen LogP contribution < -0.4 is 10.1 Å². The van der Waals surface area contributed by atoms with Gasteiger partial charge in [0.15, 0.2) is 0 Å². The average molecular weight is 291 g/mol. The normalized spacial score (nSPS) is 15.7. The topological polar surface area (TPSA) is 58.6 Å². The van der Waals surface area contributed by atoms with Crippen molar-refractivity contribution in [3.8, 4) is 5.75 Å². The molecule has 0 saturated heterocycles. The molecule has 4 nitrogen and oxygen atoms in total. The van der Waals surface area contributed by atoms with Gasteiger partial charge in [0.05, 0.1) is 13.2 Å². The molecule has 0 aromatic heterocycles. The molecule has 21 heavy (non-hydrogen) atoms. The fourth-order valence-electron chi connectivity index (χ4n) is 2.94. The summed E-state index contributed by atoms with van der Waals surface area (Å²) in [7, 11) is 0. The monoisotopic (exact) mass is 291 g/mol. The van der Waals surface area contributed by atoms with E-state index in [9.17, 15) is 9.90 Å². The largest absolute Gasteiger partial charge is 0.494 e. The minimum atomic E-state index is -0.0956. The molecule has 1 amide bonds. The Morgan fingerprint density at radius 1 is 1.33 bits per heavy atom. The van der Waals surface area contributed by atoms with Gasteiger partial charge in [-0.2, -0.15) is 0 Å². The molecule has 2 rings (SSSR count). The molecule has 2 N–H and O–H groups in total. The maximum absolute atomic E-state index is 12.1. The minimum absolute atomic E-state index is 0.0648. The van der Waals surface area contributed by atoms with Crippen molar-refractivity contribution in [1.82, 2.24) is 0 Å². The number of hydrogen-bond acceptors (Lipinski definition) is 3. The molecule has 4 heteroatoms. The van der Waals surface area contributed by atoms with Gasteiger partial charge < -0.3 is 15.2 Å². The fourth-order valence-corrected chi connectivity index (χ4v) is 2.94. The first-order chi connectivity index (χ1) is 10.2. The third kappa shape index (κ3) is 4.74. The van der Waals surface area contributed by atoms with E-state index in [0.717, 1.165) is 5.69 Å². The van der Waals surface area contributed by atoms with Crippen molar-refractivity contribution in [2.24, 2.45) is 5.92 Å². The average Bonchev–Trinajstić information content (AvgIpc) is 2.50. The minimum Gasteiger partial charge on any atom is -0.494 e. The van der Waals surface area contributed by atoms with E-state index in [0.29, 0.717) is 30.3 Å². The zero-order valence-corrected chi connectivity index (χ0v) is 12.7. The van der Waals surface area contributed by atoms with Gasteiger partial charge in [-0.25, -0.2) is 0 Å². The Hall–Kier alpha value is -1.55. The standard InChI is InChI=1S/C17H25NO3/c1-2-21-16-9-8-15(11-14(16)12-19)18-17(20)10-13-6-4-3-5-7-13/h8-9,11,13,19H,2-7,10,12H2,1H3,(H,18,20). The molecule has 0 spiro atoms. The number of amides is 1. The van der Waals surface area contributed by atoms with E-state index in [1.165, 1.54) is 32.1 Å². The first-order valence-corrected chi connectivity index (χ1v) is 7.89. The molecule has 116 valence electrons. The number of aliphatic hydroxyl groups excluding tert-OH is 1. The SMILES string of the molecule is CCOc1ccc(NC(=O)CC2CCCCC2)cc1CO. The molecule has 1 saturated carbocycles. The zero-order chi connectivity index (χ0) is 15.1. The number of aliphatic hydroxyl groups is 1. The zero-order valence-electron chi connectivity index (χ0n) is 12.7. The van der Waals surface area contributed by atoms with Crippen LogP contribution in [0.15, 0.2) is 18.2 Å². The molecule has 1 aliphatic carbocycles. The van der Waals surface area contributed by atoms with Gasteiger partial charge in [0.25, 0.3) is 0 Å². The maximum atomic E-state index is 12.1. The van der Waals surface area contributed by atoms with Crippen LogP contribution in [0.2, 0.25) is 0 Å². The van der Waals surface area contributed by atoms with Gasteiger partial charge in [-0.1, -0.05) is 19.3 Å². The highest BCUT2D eigenvalue weighted by atomic mass is 16.5. The smallest absolute Gasteiger partial charge is 0.224 e. The molecular formula is C17H25NO3. The van der Waals surface area contributed by atoms with Crippen molar-refractivity contribution >= 4 is 11.6 Å². The molecule has 0 heterocycles. The van der Waals surface area contributed by atoms with Gasteiger partial charge in [-0.15, -0.1) is 0 Å². The van der Waals surface area contributed by atoms with Gasteiger partial charge >= 0.3 is 0 Å². The van der Waals surface area contributed by atoms with Crippen LogP contribution in [0.4, 0.5) is 5.69 Å². The van der Waals surface area contributed by atoms with Gasteiger partial charge in [-0.05, 0) is 43.9 Å². The van der Waals surface area contributed by atoms with Crippen LogP contribution in [0.1, 0.15) is 51.0 Å². The molecule has 1 aromatic rings. The highest BCUT2D eigenvalue weighted by molar-refractivity contribution is 5.91. The summed E-state index contributed by atoms with van der Waals surface area (Å²) >= 11 is 0. The first-order valence-electron chi connectivity index (χ1n) is 7.89. The number of carbonyl (C=O) groups is 1. The van der Waals surface area contributed by atoms with Crippen molar-refractivity contribution in [2.75, 3.05) is 11.9 Å². The van der Waals surface area contributed by atoms with Gasteiger partial charge in [0.1, 0.15) is 5.75 Å². The molecule has 0 aliphatic heterocycles. The second-order valence-electron chi connectivity index (χ2n) is 5.67. The van der Waals surface area contributed by atoms with Gasteiger partial charge in [-0.3, -0.25) is 4.79 Å². The number of nitrogens with one attached hydrogen (secondary N) is 1. The lowest BCUT2D eigenvalue weighted by Crippen LogP contribution is -2.18. The van der Waals surface area contributed by atoms with Crippen molar-refractivity contribution in [3.63, 3.8) is 0 Å². The molecule has 1 aliphatic rings. The van der Waals surface area contributed by atoms with Gasteiger partial charge in [0, 0.05) is 17.7 Å². The molecule has 0 bridgehead atoms. The Kier molecular flexibility index (Phi) is 6.05. The second-order valence-corrected chi connectivity index (χ2v) is 5.67. The van der Waals surface area contributed by atoms with Crippen LogP contribution in [0, 0.1) is 5.92 Å². The first kappa shape index (κ1) is 15.8. The summed E-state index contributed by atoms with van der Waals surface area (Å²) in [5.74, 6) is 1.26. The summed E-state index contributed by atoms with van der Waals surface area (Å²) in [5, 5.41) is 12.3. The highest BCUT2D eigenvalue weighted by Gasteiger charge is 2.17. The van der Waals surface area contributed by atoms with Crippen molar-refractivity contribution in [2.45, 2.75) is 52.1 Å².